The molecule has 24 heavy (non-hydrogen) atoms. The van der Waals surface area contributed by atoms with Crippen molar-refractivity contribution in [3.8, 4) is 0 Å². The Bertz CT molecular complexity index is 536. The maximum absolute atomic E-state index is 12.2. The van der Waals surface area contributed by atoms with Gasteiger partial charge in [-0.3, -0.25) is 14.6 Å². The van der Waals surface area contributed by atoms with E-state index in [9.17, 15) is 9.59 Å². The molecule has 1 aromatic rings. The first-order valence-electron chi connectivity index (χ1n) is 8.57. The minimum atomic E-state index is -0.236. The van der Waals surface area contributed by atoms with Gasteiger partial charge in [0, 0.05) is 32.0 Å². The first-order valence-corrected chi connectivity index (χ1v) is 8.57. The zero-order valence-corrected chi connectivity index (χ0v) is 14.5. The largest absolute Gasteiger partial charge is 0.362 e. The van der Waals surface area contributed by atoms with Crippen LogP contribution in [0.25, 0.3) is 0 Å². The van der Waals surface area contributed by atoms with Crippen LogP contribution in [-0.4, -0.2) is 48.0 Å². The number of hydrogen-bond acceptors (Lipinski definition) is 4. The van der Waals surface area contributed by atoms with E-state index in [4.69, 9.17) is 4.74 Å². The van der Waals surface area contributed by atoms with Gasteiger partial charge in [-0.15, -0.1) is 0 Å². The summed E-state index contributed by atoms with van der Waals surface area (Å²) in [6.07, 6.45) is 8.01. The highest BCUT2D eigenvalue weighted by atomic mass is 16.5. The normalized spacial score (nSPS) is 20.4. The van der Waals surface area contributed by atoms with E-state index in [0.717, 1.165) is 12.0 Å². The van der Waals surface area contributed by atoms with Gasteiger partial charge >= 0.3 is 0 Å². The molecule has 132 valence electrons. The smallest absolute Gasteiger partial charge is 0.248 e. The van der Waals surface area contributed by atoms with Gasteiger partial charge in [-0.05, 0) is 30.4 Å². The van der Waals surface area contributed by atoms with E-state index in [-0.39, 0.29) is 31.1 Å². The minimum Gasteiger partial charge on any atom is -0.362 e. The molecule has 1 heterocycles. The van der Waals surface area contributed by atoms with Crippen LogP contribution in [0.15, 0.2) is 24.5 Å². The number of aromatic nitrogens is 1. The topological polar surface area (TPSA) is 71.5 Å². The molecule has 6 heteroatoms. The molecule has 1 aliphatic carbocycles. The molecule has 1 fully saturated rings. The number of likely N-dealkylation sites (N-methyl/N-ethyl adjacent to an activating group) is 1. The number of nitrogens with one attached hydrogen (secondary N) is 1. The molecule has 0 saturated heterocycles. The van der Waals surface area contributed by atoms with Crippen molar-refractivity contribution >= 4 is 11.8 Å². The molecule has 0 bridgehead atoms. The summed E-state index contributed by atoms with van der Waals surface area (Å²) in [5.41, 5.74) is 0.924. The summed E-state index contributed by atoms with van der Waals surface area (Å²) < 4.78 is 5.27. The first-order chi connectivity index (χ1) is 11.6. The highest BCUT2D eigenvalue weighted by molar-refractivity contribution is 5.79. The second kappa shape index (κ2) is 9.37. The van der Waals surface area contributed by atoms with Crippen LogP contribution in [0.3, 0.4) is 0 Å². The van der Waals surface area contributed by atoms with Crippen LogP contribution in [-0.2, 0) is 20.9 Å². The van der Waals surface area contributed by atoms with E-state index >= 15 is 0 Å². The summed E-state index contributed by atoms with van der Waals surface area (Å²) in [5, 5.41) is 2.74. The molecule has 6 nitrogen and oxygen atoms in total. The lowest BCUT2D eigenvalue weighted by atomic mass is 9.85. The van der Waals surface area contributed by atoms with Crippen molar-refractivity contribution in [2.45, 2.75) is 45.2 Å². The van der Waals surface area contributed by atoms with E-state index in [0.29, 0.717) is 12.5 Å². The third-order valence-electron chi connectivity index (χ3n) is 4.63. The molecular weight excluding hydrogens is 306 g/mol. The van der Waals surface area contributed by atoms with Gasteiger partial charge in [-0.2, -0.15) is 0 Å². The number of rotatable bonds is 7. The molecule has 1 aliphatic rings. The van der Waals surface area contributed by atoms with E-state index in [2.05, 4.69) is 17.2 Å². The van der Waals surface area contributed by atoms with E-state index < -0.39 is 0 Å². The third kappa shape index (κ3) is 5.60. The number of carbonyl (C=O) groups is 2. The molecule has 1 saturated carbocycles. The molecule has 2 rings (SSSR count). The van der Waals surface area contributed by atoms with Crippen molar-refractivity contribution in [3.63, 3.8) is 0 Å². The van der Waals surface area contributed by atoms with Crippen molar-refractivity contribution in [3.05, 3.63) is 30.1 Å². The highest BCUT2D eigenvalue weighted by Gasteiger charge is 2.27. The molecule has 1 aromatic heterocycles. The lowest BCUT2D eigenvalue weighted by Crippen LogP contribution is -2.44. The predicted octanol–water partition coefficient (Wildman–Crippen LogP) is 1.75. The molecule has 1 N–H and O–H groups in total. The molecule has 2 atom stereocenters. The Labute approximate surface area is 143 Å². The Morgan fingerprint density at radius 1 is 1.33 bits per heavy atom. The van der Waals surface area contributed by atoms with Crippen molar-refractivity contribution < 1.29 is 14.3 Å². The Kier molecular flexibility index (Phi) is 7.18. The molecule has 2 amide bonds. The zero-order valence-electron chi connectivity index (χ0n) is 14.5. The summed E-state index contributed by atoms with van der Waals surface area (Å²) in [6.45, 7) is 2.43. The number of pyridine rings is 1. The molecular formula is C18H27N3O3. The van der Waals surface area contributed by atoms with Crippen molar-refractivity contribution in [1.82, 2.24) is 15.2 Å². The lowest BCUT2D eigenvalue weighted by molar-refractivity contribution is -0.140. The Morgan fingerprint density at radius 3 is 2.83 bits per heavy atom. The summed E-state index contributed by atoms with van der Waals surface area (Å²) in [7, 11) is 1.83. The van der Waals surface area contributed by atoms with Gasteiger partial charge in [0.1, 0.15) is 13.2 Å². The second-order valence-corrected chi connectivity index (χ2v) is 6.46. The molecule has 0 radical (unpaired) electrons. The monoisotopic (exact) mass is 333 g/mol. The van der Waals surface area contributed by atoms with Crippen molar-refractivity contribution in [2.75, 3.05) is 20.3 Å². The van der Waals surface area contributed by atoms with Crippen molar-refractivity contribution in [2.24, 2.45) is 5.92 Å². The van der Waals surface area contributed by atoms with E-state index in [1.807, 2.05) is 19.2 Å². The average Bonchev–Trinajstić information content (AvgIpc) is 2.60. The molecule has 2 unspecified atom stereocenters. The number of hydrogen-bond donors (Lipinski definition) is 1. The highest BCUT2D eigenvalue weighted by Crippen LogP contribution is 2.27. The van der Waals surface area contributed by atoms with Gasteiger partial charge in [0.15, 0.2) is 0 Å². The van der Waals surface area contributed by atoms with Crippen LogP contribution in [0.4, 0.5) is 0 Å². The minimum absolute atomic E-state index is 0.0555. The van der Waals surface area contributed by atoms with Gasteiger partial charge in [0.25, 0.3) is 0 Å². The number of amides is 2. The fourth-order valence-corrected chi connectivity index (χ4v) is 3.14. The summed E-state index contributed by atoms with van der Waals surface area (Å²) >= 11 is 0. The summed E-state index contributed by atoms with van der Waals surface area (Å²) in [4.78, 5) is 29.7. The van der Waals surface area contributed by atoms with E-state index in [1.54, 1.807) is 17.3 Å². The zero-order chi connectivity index (χ0) is 17.4. The van der Waals surface area contributed by atoms with Crippen LogP contribution in [0.2, 0.25) is 0 Å². The maximum Gasteiger partial charge on any atom is 0.248 e. The standard InChI is InChI=1S/C18H27N3O3/c1-14-6-3-4-8-16(14)21(2)18(23)13-24-12-17(22)20-11-15-7-5-9-19-10-15/h5,7,9-10,14,16H,3-4,6,8,11-13H2,1-2H3,(H,20,22). The predicted molar refractivity (Wildman–Crippen MR) is 91.1 cm³/mol. The Morgan fingerprint density at radius 2 is 2.12 bits per heavy atom. The van der Waals surface area contributed by atoms with E-state index in [1.165, 1.54) is 19.3 Å². The van der Waals surface area contributed by atoms with Crippen LogP contribution in [0, 0.1) is 5.92 Å². The van der Waals surface area contributed by atoms with Crippen LogP contribution in [0.5, 0.6) is 0 Å². The lowest BCUT2D eigenvalue weighted by Gasteiger charge is -2.36. The van der Waals surface area contributed by atoms with Gasteiger partial charge in [0.05, 0.1) is 0 Å². The van der Waals surface area contributed by atoms with Crippen LogP contribution in [0.1, 0.15) is 38.2 Å². The SMILES string of the molecule is CC1CCCCC1N(C)C(=O)COCC(=O)NCc1cccnc1. The molecule has 0 aromatic carbocycles. The fraction of sp³-hybridized carbons (Fsp3) is 0.611. The number of carbonyl (C=O) groups excluding carboxylic acids is 2. The summed E-state index contributed by atoms with van der Waals surface area (Å²) in [6, 6.07) is 3.99. The van der Waals surface area contributed by atoms with Gasteiger partial charge < -0.3 is 15.0 Å². The Balaban J connectivity index is 1.65. The summed E-state index contributed by atoms with van der Waals surface area (Å²) in [5.74, 6) is 0.227. The average molecular weight is 333 g/mol. The third-order valence-corrected chi connectivity index (χ3v) is 4.63. The maximum atomic E-state index is 12.2. The quantitative estimate of drug-likeness (QED) is 0.825. The number of nitrogens with zero attached hydrogens (tertiary/aromatic N) is 2. The second-order valence-electron chi connectivity index (χ2n) is 6.46. The Hall–Kier alpha value is -1.95. The van der Waals surface area contributed by atoms with Crippen LogP contribution >= 0.6 is 0 Å². The van der Waals surface area contributed by atoms with Gasteiger partial charge in [0.2, 0.25) is 11.8 Å². The van der Waals surface area contributed by atoms with Gasteiger partial charge in [-0.1, -0.05) is 25.8 Å². The van der Waals surface area contributed by atoms with Crippen LogP contribution < -0.4 is 5.32 Å². The molecule has 0 spiro atoms. The number of ether oxygens (including phenoxy) is 1. The van der Waals surface area contributed by atoms with Crippen molar-refractivity contribution in [1.29, 1.82) is 0 Å². The first kappa shape index (κ1) is 18.4. The molecule has 0 aliphatic heterocycles. The van der Waals surface area contributed by atoms with Gasteiger partial charge in [-0.25, -0.2) is 0 Å². The fourth-order valence-electron chi connectivity index (χ4n) is 3.14.